The Bertz CT molecular complexity index is 859. The second-order valence-electron chi connectivity index (χ2n) is 7.13. The number of hydrogen-bond donors (Lipinski definition) is 3. The number of nitrogens with one attached hydrogen (secondary N) is 2. The van der Waals surface area contributed by atoms with E-state index in [4.69, 9.17) is 10.5 Å². The van der Waals surface area contributed by atoms with Gasteiger partial charge in [-0.15, -0.1) is 0 Å². The Kier molecular flexibility index (Phi) is 6.60. The lowest BCUT2D eigenvalue weighted by Crippen LogP contribution is -2.53. The highest BCUT2D eigenvalue weighted by atomic mass is 19.3. The van der Waals surface area contributed by atoms with Gasteiger partial charge in [0, 0.05) is 29.4 Å². The van der Waals surface area contributed by atoms with Crippen molar-refractivity contribution in [1.29, 1.82) is 0 Å². The minimum absolute atomic E-state index is 0.149. The van der Waals surface area contributed by atoms with Crippen molar-refractivity contribution in [1.82, 2.24) is 5.32 Å². The van der Waals surface area contributed by atoms with Crippen molar-refractivity contribution in [2.75, 3.05) is 30.0 Å². The Balaban J connectivity index is 1.77. The molecule has 1 atom stereocenters. The molecule has 9 nitrogen and oxygen atoms in total. The topological polar surface area (TPSA) is 131 Å². The third-order valence-electron chi connectivity index (χ3n) is 5.13. The zero-order chi connectivity index (χ0) is 21.8. The molecule has 162 valence electrons. The molecule has 2 aliphatic rings. The van der Waals surface area contributed by atoms with E-state index in [9.17, 15) is 28.0 Å². The van der Waals surface area contributed by atoms with Crippen LogP contribution in [-0.2, 0) is 23.9 Å². The zero-order valence-corrected chi connectivity index (χ0v) is 16.0. The molecule has 1 aliphatic carbocycles. The molecule has 1 saturated heterocycles. The largest absolute Gasteiger partial charge is 0.370 e. The molecular formula is C19H22F2N4O5. The summed E-state index contributed by atoms with van der Waals surface area (Å²) in [5.74, 6) is -3.26. The molecule has 2 fully saturated rings. The first-order chi connectivity index (χ1) is 14.3. The number of anilines is 2. The number of morpholine rings is 1. The predicted molar refractivity (Wildman–Crippen MR) is 102 cm³/mol. The lowest BCUT2D eigenvalue weighted by atomic mass is 9.84. The Hall–Kier alpha value is -3.08. The third-order valence-corrected chi connectivity index (χ3v) is 5.13. The highest BCUT2D eigenvalue weighted by molar-refractivity contribution is 6.12. The first-order valence-corrected chi connectivity index (χ1v) is 9.48. The van der Waals surface area contributed by atoms with Crippen molar-refractivity contribution < 1.29 is 32.7 Å². The third kappa shape index (κ3) is 4.73. The van der Waals surface area contributed by atoms with E-state index in [1.54, 1.807) is 0 Å². The number of primary amides is 1. The molecule has 11 heteroatoms. The fourth-order valence-electron chi connectivity index (χ4n) is 3.20. The van der Waals surface area contributed by atoms with E-state index < -0.39 is 35.8 Å². The van der Waals surface area contributed by atoms with E-state index >= 15 is 0 Å². The number of hydrogen-bond acceptors (Lipinski definition) is 5. The number of nitrogens with zero attached hydrogens (tertiary/aromatic N) is 1. The molecule has 1 heterocycles. The first kappa shape index (κ1) is 21.6. The average molecular weight is 424 g/mol. The number of rotatable bonds is 7. The monoisotopic (exact) mass is 424 g/mol. The van der Waals surface area contributed by atoms with Gasteiger partial charge in [0.25, 0.3) is 18.2 Å². The standard InChI is InChI=1S/C19H22F2N4O5/c20-16(21)12-8-11(25-6-7-30-9-14(25)26)4-5-13(12)23-19(29)15(17(22)27)24-18(28)10-2-1-3-10/h4-5,8,10,15-16H,1-3,6-7,9H2,(H2,22,27)(H,23,29)(H,24,28)/t15-/m0/s1. The fraction of sp³-hybridized carbons (Fsp3) is 0.474. The maximum Gasteiger partial charge on any atom is 0.265 e. The summed E-state index contributed by atoms with van der Waals surface area (Å²) in [5, 5.41) is 4.51. The summed E-state index contributed by atoms with van der Waals surface area (Å²) in [6.45, 7) is 0.336. The number of halogens is 2. The number of nitrogens with two attached hydrogens (primary N) is 1. The normalized spacial score (nSPS) is 18.0. The van der Waals surface area contributed by atoms with Crippen LogP contribution in [0.25, 0.3) is 0 Å². The molecule has 3 rings (SSSR count). The average Bonchev–Trinajstić information content (AvgIpc) is 2.65. The highest BCUT2D eigenvalue weighted by Gasteiger charge is 2.33. The molecule has 0 aromatic heterocycles. The zero-order valence-electron chi connectivity index (χ0n) is 16.0. The maximum atomic E-state index is 13.6. The second-order valence-corrected chi connectivity index (χ2v) is 7.13. The van der Waals surface area contributed by atoms with Gasteiger partial charge in [-0.1, -0.05) is 6.42 Å². The number of ether oxygens (including phenoxy) is 1. The van der Waals surface area contributed by atoms with Crippen LogP contribution in [0.3, 0.4) is 0 Å². The number of alkyl halides is 2. The van der Waals surface area contributed by atoms with Crippen LogP contribution >= 0.6 is 0 Å². The van der Waals surface area contributed by atoms with Gasteiger partial charge in [-0.2, -0.15) is 0 Å². The fourth-order valence-corrected chi connectivity index (χ4v) is 3.20. The summed E-state index contributed by atoms with van der Waals surface area (Å²) in [4.78, 5) is 49.4. The smallest absolute Gasteiger partial charge is 0.265 e. The second kappa shape index (κ2) is 9.16. The molecule has 0 bridgehead atoms. The van der Waals surface area contributed by atoms with Gasteiger partial charge in [0.1, 0.15) is 6.61 Å². The molecule has 4 N–H and O–H groups in total. The van der Waals surface area contributed by atoms with Crippen LogP contribution in [0.1, 0.15) is 31.3 Å². The van der Waals surface area contributed by atoms with Crippen LogP contribution in [0.4, 0.5) is 20.2 Å². The minimum Gasteiger partial charge on any atom is -0.370 e. The van der Waals surface area contributed by atoms with Crippen molar-refractivity contribution in [2.45, 2.75) is 31.7 Å². The van der Waals surface area contributed by atoms with Crippen molar-refractivity contribution in [3.63, 3.8) is 0 Å². The molecule has 0 unspecified atom stereocenters. The highest BCUT2D eigenvalue weighted by Crippen LogP contribution is 2.32. The van der Waals surface area contributed by atoms with Crippen molar-refractivity contribution in [2.24, 2.45) is 11.7 Å². The first-order valence-electron chi connectivity index (χ1n) is 9.48. The van der Waals surface area contributed by atoms with Crippen LogP contribution in [0.15, 0.2) is 18.2 Å². The van der Waals surface area contributed by atoms with Gasteiger partial charge in [-0.25, -0.2) is 8.78 Å². The Morgan fingerprint density at radius 3 is 2.53 bits per heavy atom. The van der Waals surface area contributed by atoms with Crippen LogP contribution in [0.2, 0.25) is 0 Å². The van der Waals surface area contributed by atoms with Crippen LogP contribution in [-0.4, -0.2) is 49.4 Å². The summed E-state index contributed by atoms with van der Waals surface area (Å²) in [6.07, 6.45) is -0.791. The molecular weight excluding hydrogens is 402 g/mol. The summed E-state index contributed by atoms with van der Waals surface area (Å²) < 4.78 is 32.2. The number of carbonyl (C=O) groups is 4. The molecule has 1 aromatic carbocycles. The van der Waals surface area contributed by atoms with Gasteiger partial charge in [-0.3, -0.25) is 19.2 Å². The van der Waals surface area contributed by atoms with Crippen molar-refractivity contribution >= 4 is 35.0 Å². The number of benzene rings is 1. The van der Waals surface area contributed by atoms with Crippen LogP contribution in [0, 0.1) is 5.92 Å². The van der Waals surface area contributed by atoms with Gasteiger partial charge in [-0.05, 0) is 31.0 Å². The lowest BCUT2D eigenvalue weighted by Gasteiger charge is -2.28. The lowest BCUT2D eigenvalue weighted by molar-refractivity contribution is -0.136. The van der Waals surface area contributed by atoms with Gasteiger partial charge in [0.05, 0.1) is 6.61 Å². The summed E-state index contributed by atoms with van der Waals surface area (Å²) >= 11 is 0. The SMILES string of the molecule is NC(=O)[C@H](NC(=O)C1CCC1)C(=O)Nc1ccc(N2CCOCC2=O)cc1C(F)F. The van der Waals surface area contributed by atoms with E-state index in [0.717, 1.165) is 12.5 Å². The molecule has 1 aliphatic heterocycles. The molecule has 1 saturated carbocycles. The van der Waals surface area contributed by atoms with Crippen molar-refractivity contribution in [3.05, 3.63) is 23.8 Å². The van der Waals surface area contributed by atoms with E-state index in [0.29, 0.717) is 12.8 Å². The van der Waals surface area contributed by atoms with Crippen LogP contribution in [0.5, 0.6) is 0 Å². The molecule has 0 radical (unpaired) electrons. The molecule has 4 amide bonds. The van der Waals surface area contributed by atoms with Crippen molar-refractivity contribution in [3.8, 4) is 0 Å². The van der Waals surface area contributed by atoms with Crippen LogP contribution < -0.4 is 21.3 Å². The Morgan fingerprint density at radius 2 is 1.97 bits per heavy atom. The Labute approximate surface area is 170 Å². The predicted octanol–water partition coefficient (Wildman–Crippen LogP) is 0.696. The summed E-state index contributed by atoms with van der Waals surface area (Å²) in [6, 6.07) is 2.01. The minimum atomic E-state index is -2.96. The molecule has 0 spiro atoms. The van der Waals surface area contributed by atoms with Gasteiger partial charge in [0.15, 0.2) is 6.04 Å². The van der Waals surface area contributed by atoms with E-state index in [-0.39, 0.29) is 43.0 Å². The Morgan fingerprint density at radius 1 is 1.23 bits per heavy atom. The van der Waals surface area contributed by atoms with E-state index in [2.05, 4.69) is 10.6 Å². The summed E-state index contributed by atoms with van der Waals surface area (Å²) in [5.41, 5.74) is 4.67. The van der Waals surface area contributed by atoms with Gasteiger partial charge >= 0.3 is 0 Å². The molecule has 1 aromatic rings. The summed E-state index contributed by atoms with van der Waals surface area (Å²) in [7, 11) is 0. The quantitative estimate of drug-likeness (QED) is 0.555. The van der Waals surface area contributed by atoms with E-state index in [1.807, 2.05) is 0 Å². The van der Waals surface area contributed by atoms with Gasteiger partial charge in [0.2, 0.25) is 11.8 Å². The molecule has 30 heavy (non-hydrogen) atoms. The number of carbonyl (C=O) groups excluding carboxylic acids is 4. The van der Waals surface area contributed by atoms with E-state index in [1.165, 1.54) is 17.0 Å². The van der Waals surface area contributed by atoms with Gasteiger partial charge < -0.3 is 26.0 Å². The number of amides is 4. The maximum absolute atomic E-state index is 13.6.